The zero-order valence-electron chi connectivity index (χ0n) is 8.22. The largest absolute Gasteiger partial charge is 0.396 e. The molecule has 1 heterocycles. The van der Waals surface area contributed by atoms with Gasteiger partial charge < -0.3 is 5.11 Å². The predicted molar refractivity (Wildman–Crippen MR) is 55.4 cm³/mol. The standard InChI is InChI=1S/C9H17NO3S/c1-2-7-14(12,13)10-5-3-9(8-11)4-6-10/h2,9,11H,1,3-8H2. The van der Waals surface area contributed by atoms with E-state index in [1.807, 2.05) is 0 Å². The fourth-order valence-electron chi connectivity index (χ4n) is 1.62. The van der Waals surface area contributed by atoms with Crippen LogP contribution in [0.3, 0.4) is 0 Å². The van der Waals surface area contributed by atoms with Gasteiger partial charge in [0.2, 0.25) is 10.0 Å². The Balaban J connectivity index is 2.53. The van der Waals surface area contributed by atoms with Gasteiger partial charge >= 0.3 is 0 Å². The highest BCUT2D eigenvalue weighted by molar-refractivity contribution is 7.89. The van der Waals surface area contributed by atoms with Gasteiger partial charge in [0, 0.05) is 19.7 Å². The lowest BCUT2D eigenvalue weighted by Gasteiger charge is -2.29. The fourth-order valence-corrected chi connectivity index (χ4v) is 2.90. The SMILES string of the molecule is C=CCS(=O)(=O)N1CCC(CO)CC1. The summed E-state index contributed by atoms with van der Waals surface area (Å²) in [5.41, 5.74) is 0. The van der Waals surface area contributed by atoms with Crippen molar-refractivity contribution in [1.82, 2.24) is 4.31 Å². The van der Waals surface area contributed by atoms with Crippen LogP contribution in [0.25, 0.3) is 0 Å². The van der Waals surface area contributed by atoms with E-state index in [-0.39, 0.29) is 18.3 Å². The van der Waals surface area contributed by atoms with Crippen LogP contribution in [0.5, 0.6) is 0 Å². The molecular formula is C9H17NO3S. The van der Waals surface area contributed by atoms with E-state index in [1.54, 1.807) is 0 Å². The molecule has 0 spiro atoms. The molecule has 1 aliphatic heterocycles. The summed E-state index contributed by atoms with van der Waals surface area (Å²) < 4.78 is 24.6. The summed E-state index contributed by atoms with van der Waals surface area (Å²) in [4.78, 5) is 0. The summed E-state index contributed by atoms with van der Waals surface area (Å²) in [6, 6.07) is 0. The quantitative estimate of drug-likeness (QED) is 0.687. The smallest absolute Gasteiger partial charge is 0.217 e. The van der Waals surface area contributed by atoms with Gasteiger partial charge in [0.15, 0.2) is 0 Å². The van der Waals surface area contributed by atoms with Crippen LogP contribution in [0.2, 0.25) is 0 Å². The molecule has 1 rings (SSSR count). The van der Waals surface area contributed by atoms with Crippen molar-refractivity contribution in [2.24, 2.45) is 5.92 Å². The molecule has 5 heteroatoms. The third kappa shape index (κ3) is 2.80. The van der Waals surface area contributed by atoms with Crippen molar-refractivity contribution < 1.29 is 13.5 Å². The maximum Gasteiger partial charge on any atom is 0.217 e. The van der Waals surface area contributed by atoms with Gasteiger partial charge in [-0.3, -0.25) is 0 Å². The highest BCUT2D eigenvalue weighted by Crippen LogP contribution is 2.19. The lowest BCUT2D eigenvalue weighted by Crippen LogP contribution is -2.40. The van der Waals surface area contributed by atoms with E-state index in [2.05, 4.69) is 6.58 Å². The Labute approximate surface area is 85.3 Å². The Morgan fingerprint density at radius 1 is 1.43 bits per heavy atom. The number of hydrogen-bond acceptors (Lipinski definition) is 3. The molecule has 1 saturated heterocycles. The van der Waals surface area contributed by atoms with Gasteiger partial charge in [-0.25, -0.2) is 12.7 Å². The van der Waals surface area contributed by atoms with Gasteiger partial charge in [0.25, 0.3) is 0 Å². The van der Waals surface area contributed by atoms with E-state index in [4.69, 9.17) is 5.11 Å². The van der Waals surface area contributed by atoms with Crippen LogP contribution in [0.4, 0.5) is 0 Å². The van der Waals surface area contributed by atoms with Crippen LogP contribution in [0.1, 0.15) is 12.8 Å². The molecule has 0 saturated carbocycles. The predicted octanol–water partition coefficient (Wildman–Crippen LogP) is 0.207. The summed E-state index contributed by atoms with van der Waals surface area (Å²) in [5, 5.41) is 8.90. The molecule has 14 heavy (non-hydrogen) atoms. The minimum atomic E-state index is -3.13. The number of nitrogens with zero attached hydrogens (tertiary/aromatic N) is 1. The van der Waals surface area contributed by atoms with Crippen molar-refractivity contribution in [1.29, 1.82) is 0 Å². The second-order valence-corrected chi connectivity index (χ2v) is 5.61. The number of aliphatic hydroxyl groups excluding tert-OH is 1. The van der Waals surface area contributed by atoms with Gasteiger partial charge in [-0.05, 0) is 18.8 Å². The average molecular weight is 219 g/mol. The average Bonchev–Trinajstić information content (AvgIpc) is 2.18. The summed E-state index contributed by atoms with van der Waals surface area (Å²) in [7, 11) is -3.13. The fraction of sp³-hybridized carbons (Fsp3) is 0.778. The normalized spacial score (nSPS) is 20.9. The third-order valence-corrected chi connectivity index (χ3v) is 4.36. The number of sulfonamides is 1. The molecule has 1 N–H and O–H groups in total. The monoisotopic (exact) mass is 219 g/mol. The van der Waals surface area contributed by atoms with Crippen LogP contribution in [-0.2, 0) is 10.0 Å². The minimum absolute atomic E-state index is 0.0107. The van der Waals surface area contributed by atoms with Gasteiger partial charge in [-0.1, -0.05) is 6.08 Å². The molecule has 82 valence electrons. The number of hydrogen-bond donors (Lipinski definition) is 1. The van der Waals surface area contributed by atoms with E-state index in [0.717, 1.165) is 12.8 Å². The van der Waals surface area contributed by atoms with Crippen molar-refractivity contribution in [3.8, 4) is 0 Å². The van der Waals surface area contributed by atoms with Crippen LogP contribution < -0.4 is 0 Å². The minimum Gasteiger partial charge on any atom is -0.396 e. The van der Waals surface area contributed by atoms with E-state index in [9.17, 15) is 8.42 Å². The first-order chi connectivity index (χ1) is 6.60. The molecule has 4 nitrogen and oxygen atoms in total. The molecule has 0 aliphatic carbocycles. The maximum absolute atomic E-state index is 11.6. The summed E-state index contributed by atoms with van der Waals surface area (Å²) in [6.45, 7) is 4.65. The molecule has 0 aromatic heterocycles. The molecule has 0 radical (unpaired) electrons. The highest BCUT2D eigenvalue weighted by Gasteiger charge is 2.26. The Hall–Kier alpha value is -0.390. The van der Waals surface area contributed by atoms with E-state index in [0.29, 0.717) is 13.1 Å². The van der Waals surface area contributed by atoms with Crippen molar-refractivity contribution in [2.75, 3.05) is 25.4 Å². The second kappa shape index (κ2) is 4.91. The first kappa shape index (κ1) is 11.7. The molecular weight excluding hydrogens is 202 g/mol. The van der Waals surface area contributed by atoms with Crippen molar-refractivity contribution in [3.63, 3.8) is 0 Å². The zero-order chi connectivity index (χ0) is 10.6. The number of aliphatic hydroxyl groups is 1. The first-order valence-corrected chi connectivity index (χ1v) is 6.40. The Bertz CT molecular complexity index is 278. The summed E-state index contributed by atoms with van der Waals surface area (Å²) in [6.07, 6.45) is 2.92. The Kier molecular flexibility index (Phi) is 4.10. The molecule has 1 fully saturated rings. The number of piperidine rings is 1. The molecule has 0 aromatic carbocycles. The maximum atomic E-state index is 11.6. The summed E-state index contributed by atoms with van der Waals surface area (Å²) in [5.74, 6) is 0.279. The van der Waals surface area contributed by atoms with E-state index < -0.39 is 10.0 Å². The van der Waals surface area contributed by atoms with Crippen molar-refractivity contribution >= 4 is 10.0 Å². The van der Waals surface area contributed by atoms with Gasteiger partial charge in [-0.15, -0.1) is 6.58 Å². The first-order valence-electron chi connectivity index (χ1n) is 4.79. The van der Waals surface area contributed by atoms with Crippen molar-refractivity contribution in [3.05, 3.63) is 12.7 Å². The van der Waals surface area contributed by atoms with Gasteiger partial charge in [-0.2, -0.15) is 0 Å². The third-order valence-electron chi connectivity index (χ3n) is 2.55. The number of rotatable bonds is 4. The lowest BCUT2D eigenvalue weighted by molar-refractivity contribution is 0.170. The highest BCUT2D eigenvalue weighted by atomic mass is 32.2. The zero-order valence-corrected chi connectivity index (χ0v) is 9.04. The van der Waals surface area contributed by atoms with E-state index in [1.165, 1.54) is 10.4 Å². The van der Waals surface area contributed by atoms with Gasteiger partial charge in [0.1, 0.15) is 0 Å². The molecule has 0 unspecified atom stereocenters. The van der Waals surface area contributed by atoms with Crippen LogP contribution >= 0.6 is 0 Å². The molecule has 0 bridgehead atoms. The van der Waals surface area contributed by atoms with Crippen LogP contribution in [0.15, 0.2) is 12.7 Å². The van der Waals surface area contributed by atoms with E-state index >= 15 is 0 Å². The molecule has 1 aliphatic rings. The van der Waals surface area contributed by atoms with Gasteiger partial charge in [0.05, 0.1) is 5.75 Å². The lowest BCUT2D eigenvalue weighted by atomic mass is 10.00. The molecule has 0 amide bonds. The molecule has 0 aromatic rings. The summed E-state index contributed by atoms with van der Waals surface area (Å²) >= 11 is 0. The van der Waals surface area contributed by atoms with Crippen LogP contribution in [0, 0.1) is 5.92 Å². The van der Waals surface area contributed by atoms with Crippen LogP contribution in [-0.4, -0.2) is 43.3 Å². The Morgan fingerprint density at radius 3 is 2.43 bits per heavy atom. The topological polar surface area (TPSA) is 57.6 Å². The van der Waals surface area contributed by atoms with Crippen molar-refractivity contribution in [2.45, 2.75) is 12.8 Å². The molecule has 0 atom stereocenters. The second-order valence-electron chi connectivity index (χ2n) is 3.59. The Morgan fingerprint density at radius 2 is 2.00 bits per heavy atom.